The molecule has 0 saturated heterocycles. The van der Waals surface area contributed by atoms with Gasteiger partial charge in [0.2, 0.25) is 0 Å². The molecule has 0 amide bonds. The van der Waals surface area contributed by atoms with Crippen LogP contribution in [0.4, 0.5) is 0 Å². The highest BCUT2D eigenvalue weighted by Gasteiger charge is 2.38. The molecule has 0 aliphatic heterocycles. The van der Waals surface area contributed by atoms with Crippen LogP contribution in [0.15, 0.2) is 12.7 Å². The number of hydrogen-bond acceptors (Lipinski definition) is 1. The molecule has 0 radical (unpaired) electrons. The number of allylic oxidation sites excluding steroid dienone is 1. The van der Waals surface area contributed by atoms with E-state index >= 15 is 0 Å². The molecule has 0 saturated carbocycles. The standard InChI is InChI=1S/C12H25IOSi/c1-7-8-9-11(10-13)14-15(5,6)12(2,3)4/h7,11H,1,8-10H2,2-6H3/t11-/m1/s1. The predicted molar refractivity (Wildman–Crippen MR) is 80.4 cm³/mol. The fraction of sp³-hybridized carbons (Fsp3) is 0.833. The molecule has 0 N–H and O–H groups in total. The Labute approximate surface area is 110 Å². The Kier molecular flexibility index (Phi) is 6.67. The van der Waals surface area contributed by atoms with Gasteiger partial charge in [0.1, 0.15) is 0 Å². The normalized spacial score (nSPS) is 15.1. The van der Waals surface area contributed by atoms with Crippen LogP contribution in [0.5, 0.6) is 0 Å². The first-order valence-corrected chi connectivity index (χ1v) is 10.0. The molecule has 0 unspecified atom stereocenters. The fourth-order valence-corrected chi connectivity index (χ4v) is 3.41. The lowest BCUT2D eigenvalue weighted by Gasteiger charge is -2.39. The molecule has 1 nitrogen and oxygen atoms in total. The van der Waals surface area contributed by atoms with Gasteiger partial charge in [0.05, 0.1) is 6.10 Å². The van der Waals surface area contributed by atoms with Crippen LogP contribution in [0.3, 0.4) is 0 Å². The molecule has 1 atom stereocenters. The molecule has 0 aromatic rings. The zero-order valence-corrected chi connectivity index (χ0v) is 13.9. The van der Waals surface area contributed by atoms with Crippen LogP contribution >= 0.6 is 22.6 Å². The first-order valence-electron chi connectivity index (χ1n) is 5.59. The molecule has 90 valence electrons. The highest BCUT2D eigenvalue weighted by molar-refractivity contribution is 14.1. The molecule has 0 fully saturated rings. The smallest absolute Gasteiger partial charge is 0.192 e. The number of alkyl halides is 1. The predicted octanol–water partition coefficient (Wildman–Crippen LogP) is 4.78. The molecule has 0 aliphatic rings. The summed E-state index contributed by atoms with van der Waals surface area (Å²) in [6, 6.07) is 0. The molecule has 3 heteroatoms. The Morgan fingerprint density at radius 2 is 1.93 bits per heavy atom. The summed E-state index contributed by atoms with van der Waals surface area (Å²) in [7, 11) is -1.58. The first kappa shape index (κ1) is 15.6. The molecular formula is C12H25IOSi. The van der Waals surface area contributed by atoms with Crippen LogP contribution in [-0.4, -0.2) is 18.8 Å². The number of rotatable bonds is 6. The molecule has 15 heavy (non-hydrogen) atoms. The monoisotopic (exact) mass is 340 g/mol. The minimum absolute atomic E-state index is 0.311. The van der Waals surface area contributed by atoms with E-state index < -0.39 is 8.32 Å². The third-order valence-electron chi connectivity index (χ3n) is 3.13. The minimum atomic E-state index is -1.58. The Balaban J connectivity index is 4.33. The lowest BCUT2D eigenvalue weighted by molar-refractivity contribution is 0.197. The lowest BCUT2D eigenvalue weighted by atomic mass is 10.2. The maximum atomic E-state index is 6.34. The van der Waals surface area contributed by atoms with Crippen molar-refractivity contribution in [1.29, 1.82) is 0 Å². The summed E-state index contributed by atoms with van der Waals surface area (Å²) in [5.74, 6) is 0. The SMILES string of the molecule is C=CCC[C@H](CI)O[Si](C)(C)C(C)(C)C. The van der Waals surface area contributed by atoms with Crippen molar-refractivity contribution >= 4 is 30.9 Å². The molecule has 0 aromatic heterocycles. The third-order valence-corrected chi connectivity index (χ3v) is 8.65. The molecule has 0 heterocycles. The van der Waals surface area contributed by atoms with E-state index in [0.29, 0.717) is 11.1 Å². The van der Waals surface area contributed by atoms with Crippen LogP contribution in [-0.2, 0) is 4.43 Å². The quantitative estimate of drug-likeness (QED) is 0.293. The molecule has 0 aromatic carbocycles. The van der Waals surface area contributed by atoms with Gasteiger partial charge in [-0.15, -0.1) is 6.58 Å². The van der Waals surface area contributed by atoms with Gasteiger partial charge >= 0.3 is 0 Å². The van der Waals surface area contributed by atoms with E-state index in [1.807, 2.05) is 6.08 Å². The molecule has 0 bridgehead atoms. The average Bonchev–Trinajstić information content (AvgIpc) is 2.10. The van der Waals surface area contributed by atoms with E-state index in [1.54, 1.807) is 0 Å². The van der Waals surface area contributed by atoms with Gasteiger partial charge in [-0.1, -0.05) is 49.4 Å². The van der Waals surface area contributed by atoms with E-state index in [2.05, 4.69) is 63.0 Å². The zero-order chi connectivity index (χ0) is 12.1. The fourth-order valence-electron chi connectivity index (χ4n) is 1.06. The van der Waals surface area contributed by atoms with Crippen molar-refractivity contribution in [2.24, 2.45) is 0 Å². The van der Waals surface area contributed by atoms with Crippen LogP contribution in [0.25, 0.3) is 0 Å². The van der Waals surface area contributed by atoms with Gasteiger partial charge in [-0.25, -0.2) is 0 Å². The van der Waals surface area contributed by atoms with E-state index in [9.17, 15) is 0 Å². The summed E-state index contributed by atoms with van der Waals surface area (Å²) in [5, 5.41) is 0.311. The summed E-state index contributed by atoms with van der Waals surface area (Å²) in [6.45, 7) is 15.3. The summed E-state index contributed by atoms with van der Waals surface area (Å²) >= 11 is 2.42. The second-order valence-electron chi connectivity index (χ2n) is 5.52. The summed E-state index contributed by atoms with van der Waals surface area (Å²) in [6.07, 6.45) is 4.56. The highest BCUT2D eigenvalue weighted by atomic mass is 127. The molecular weight excluding hydrogens is 315 g/mol. The topological polar surface area (TPSA) is 9.23 Å². The van der Waals surface area contributed by atoms with Gasteiger partial charge in [0.15, 0.2) is 8.32 Å². The van der Waals surface area contributed by atoms with Gasteiger partial charge < -0.3 is 4.43 Å². The first-order chi connectivity index (χ1) is 6.74. The van der Waals surface area contributed by atoms with Gasteiger partial charge in [0, 0.05) is 4.43 Å². The summed E-state index contributed by atoms with van der Waals surface area (Å²) in [4.78, 5) is 0. The highest BCUT2D eigenvalue weighted by Crippen LogP contribution is 2.37. The van der Waals surface area contributed by atoms with Gasteiger partial charge in [-0.2, -0.15) is 0 Å². The Bertz CT molecular complexity index is 196. The second-order valence-corrected chi connectivity index (χ2v) is 11.2. The van der Waals surface area contributed by atoms with Crippen molar-refractivity contribution < 1.29 is 4.43 Å². The van der Waals surface area contributed by atoms with Crippen molar-refractivity contribution in [1.82, 2.24) is 0 Å². The van der Waals surface area contributed by atoms with Crippen LogP contribution < -0.4 is 0 Å². The van der Waals surface area contributed by atoms with Crippen molar-refractivity contribution in [2.45, 2.75) is 57.8 Å². The Morgan fingerprint density at radius 3 is 2.27 bits per heavy atom. The molecule has 0 aliphatic carbocycles. The van der Waals surface area contributed by atoms with E-state index in [-0.39, 0.29) is 0 Å². The third kappa shape index (κ3) is 5.50. The lowest BCUT2D eigenvalue weighted by Crippen LogP contribution is -2.44. The Morgan fingerprint density at radius 1 is 1.40 bits per heavy atom. The summed E-state index contributed by atoms with van der Waals surface area (Å²) < 4.78 is 7.42. The van der Waals surface area contributed by atoms with Gasteiger partial charge in [0.25, 0.3) is 0 Å². The maximum absolute atomic E-state index is 6.34. The van der Waals surface area contributed by atoms with Crippen LogP contribution in [0, 0.1) is 0 Å². The van der Waals surface area contributed by atoms with Crippen molar-refractivity contribution in [2.75, 3.05) is 4.43 Å². The van der Waals surface area contributed by atoms with Gasteiger partial charge in [-0.05, 0) is 31.0 Å². The van der Waals surface area contributed by atoms with Crippen molar-refractivity contribution in [3.05, 3.63) is 12.7 Å². The minimum Gasteiger partial charge on any atom is -0.413 e. The maximum Gasteiger partial charge on any atom is 0.192 e. The molecule has 0 spiro atoms. The largest absolute Gasteiger partial charge is 0.413 e. The molecule has 0 rings (SSSR count). The van der Waals surface area contributed by atoms with Crippen LogP contribution in [0.2, 0.25) is 18.1 Å². The Hall–Kier alpha value is 0.647. The van der Waals surface area contributed by atoms with Crippen molar-refractivity contribution in [3.8, 4) is 0 Å². The zero-order valence-electron chi connectivity index (χ0n) is 10.8. The van der Waals surface area contributed by atoms with Crippen LogP contribution in [0.1, 0.15) is 33.6 Å². The van der Waals surface area contributed by atoms with E-state index in [0.717, 1.165) is 17.3 Å². The average molecular weight is 340 g/mol. The summed E-state index contributed by atoms with van der Waals surface area (Å²) in [5.41, 5.74) is 0. The number of halogens is 1. The second kappa shape index (κ2) is 6.40. The number of hydrogen-bond donors (Lipinski definition) is 0. The van der Waals surface area contributed by atoms with E-state index in [1.165, 1.54) is 0 Å². The van der Waals surface area contributed by atoms with Crippen molar-refractivity contribution in [3.63, 3.8) is 0 Å². The van der Waals surface area contributed by atoms with E-state index in [4.69, 9.17) is 4.43 Å². The van der Waals surface area contributed by atoms with Gasteiger partial charge in [-0.3, -0.25) is 0 Å².